The second kappa shape index (κ2) is 8.99. The van der Waals surface area contributed by atoms with E-state index in [0.29, 0.717) is 22.6 Å². The summed E-state index contributed by atoms with van der Waals surface area (Å²) >= 11 is 3.36. The summed E-state index contributed by atoms with van der Waals surface area (Å²) in [5.74, 6) is 1.13. The predicted molar refractivity (Wildman–Crippen MR) is 122 cm³/mol. The SMILES string of the molecule is CCCCc1cc(-c2nn3c([N+](=O)[O-])c(-c4ccc(Br)cc4)nc3o2)c(OC)cc1OC. The van der Waals surface area contributed by atoms with Crippen LogP contribution in [0.5, 0.6) is 11.5 Å². The smallest absolute Gasteiger partial charge is 0.425 e. The summed E-state index contributed by atoms with van der Waals surface area (Å²) < 4.78 is 18.8. The standard InChI is InChI=1S/C22H21BrN4O5/c1-4-5-6-14-11-16(18(31-3)12-17(14)30-2)20-25-26-21(27(28)29)19(24-22(26)32-20)13-7-9-15(23)10-8-13/h7-12H,4-6H2,1-3H3. The zero-order valence-corrected chi connectivity index (χ0v) is 19.4. The molecule has 10 heteroatoms. The van der Waals surface area contributed by atoms with Crippen LogP contribution in [0.4, 0.5) is 5.82 Å². The van der Waals surface area contributed by atoms with E-state index in [4.69, 9.17) is 13.9 Å². The molecule has 2 aromatic carbocycles. The van der Waals surface area contributed by atoms with Crippen LogP contribution in [0.25, 0.3) is 28.6 Å². The van der Waals surface area contributed by atoms with Crippen molar-refractivity contribution in [2.24, 2.45) is 0 Å². The van der Waals surface area contributed by atoms with Gasteiger partial charge in [0.1, 0.15) is 11.5 Å². The van der Waals surface area contributed by atoms with Gasteiger partial charge < -0.3 is 24.0 Å². The number of unbranched alkanes of at least 4 members (excludes halogenated alkanes) is 1. The number of benzene rings is 2. The summed E-state index contributed by atoms with van der Waals surface area (Å²) in [7, 11) is 3.14. The molecule has 2 heterocycles. The Labute approximate surface area is 192 Å². The minimum absolute atomic E-state index is 0.0256. The van der Waals surface area contributed by atoms with Gasteiger partial charge in [0.2, 0.25) is 0 Å². The maximum Gasteiger partial charge on any atom is 0.425 e. The molecule has 0 radical (unpaired) electrons. The van der Waals surface area contributed by atoms with Crippen molar-refractivity contribution < 1.29 is 18.8 Å². The van der Waals surface area contributed by atoms with Gasteiger partial charge in [-0.15, -0.1) is 0 Å². The Morgan fingerprint density at radius 2 is 1.88 bits per heavy atom. The molecule has 0 aliphatic carbocycles. The van der Waals surface area contributed by atoms with Crippen LogP contribution in [0.3, 0.4) is 0 Å². The van der Waals surface area contributed by atoms with Crippen LogP contribution in [0.15, 0.2) is 45.3 Å². The minimum Gasteiger partial charge on any atom is -0.496 e. The zero-order valence-electron chi connectivity index (χ0n) is 17.8. The van der Waals surface area contributed by atoms with E-state index in [1.54, 1.807) is 37.4 Å². The lowest BCUT2D eigenvalue weighted by Gasteiger charge is -2.12. The van der Waals surface area contributed by atoms with Crippen molar-refractivity contribution in [1.82, 2.24) is 14.6 Å². The van der Waals surface area contributed by atoms with Gasteiger partial charge in [0.25, 0.3) is 5.89 Å². The second-order valence-corrected chi connectivity index (χ2v) is 8.03. The number of aryl methyl sites for hydroxylation is 1. The van der Waals surface area contributed by atoms with Crippen molar-refractivity contribution in [2.45, 2.75) is 26.2 Å². The Balaban J connectivity index is 1.86. The van der Waals surface area contributed by atoms with Crippen LogP contribution in [0.2, 0.25) is 0 Å². The highest BCUT2D eigenvalue weighted by Gasteiger charge is 2.30. The molecular weight excluding hydrogens is 480 g/mol. The van der Waals surface area contributed by atoms with Gasteiger partial charge in [0.05, 0.1) is 19.8 Å². The van der Waals surface area contributed by atoms with Gasteiger partial charge in [-0.2, -0.15) is 4.98 Å². The highest BCUT2D eigenvalue weighted by atomic mass is 79.9. The lowest BCUT2D eigenvalue weighted by Crippen LogP contribution is -1.99. The Morgan fingerprint density at radius 3 is 2.50 bits per heavy atom. The van der Waals surface area contributed by atoms with Gasteiger partial charge in [0.15, 0.2) is 5.69 Å². The second-order valence-electron chi connectivity index (χ2n) is 7.12. The first kappa shape index (κ1) is 21.8. The molecule has 32 heavy (non-hydrogen) atoms. The van der Waals surface area contributed by atoms with Gasteiger partial charge in [-0.05, 0) is 51.1 Å². The molecule has 0 fully saturated rings. The number of fused-ring (bicyclic) bond motifs is 1. The maximum atomic E-state index is 11.9. The number of aromatic nitrogens is 3. The quantitative estimate of drug-likeness (QED) is 0.226. The van der Waals surface area contributed by atoms with Gasteiger partial charge >= 0.3 is 11.7 Å². The molecule has 0 aliphatic rings. The predicted octanol–water partition coefficient (Wildman–Crippen LogP) is 5.69. The Morgan fingerprint density at radius 1 is 1.16 bits per heavy atom. The lowest BCUT2D eigenvalue weighted by molar-refractivity contribution is -0.390. The van der Waals surface area contributed by atoms with E-state index in [2.05, 4.69) is 32.9 Å². The van der Waals surface area contributed by atoms with Gasteiger partial charge in [0, 0.05) is 16.1 Å². The number of halogens is 1. The fourth-order valence-corrected chi connectivity index (χ4v) is 3.77. The summed E-state index contributed by atoms with van der Waals surface area (Å²) in [5, 5.41) is 16.2. The number of nitrogens with zero attached hydrogens (tertiary/aromatic N) is 4. The summed E-state index contributed by atoms with van der Waals surface area (Å²) in [6.45, 7) is 2.11. The van der Waals surface area contributed by atoms with E-state index in [1.807, 2.05) is 6.07 Å². The molecule has 0 unspecified atom stereocenters. The summed E-state index contributed by atoms with van der Waals surface area (Å²) in [6.07, 6.45) is 2.82. The Kier molecular flexibility index (Phi) is 6.13. The number of imidazole rings is 1. The average molecular weight is 501 g/mol. The molecule has 0 saturated carbocycles. The van der Waals surface area contributed by atoms with E-state index in [1.165, 1.54) is 7.11 Å². The molecule has 4 aromatic rings. The molecule has 4 rings (SSSR count). The first-order valence-electron chi connectivity index (χ1n) is 10.0. The molecule has 0 atom stereocenters. The molecule has 166 valence electrons. The van der Waals surface area contributed by atoms with Gasteiger partial charge in [-0.3, -0.25) is 0 Å². The van der Waals surface area contributed by atoms with Crippen LogP contribution in [0.1, 0.15) is 25.3 Å². The fraction of sp³-hybridized carbons (Fsp3) is 0.273. The monoisotopic (exact) mass is 500 g/mol. The number of ether oxygens (including phenoxy) is 2. The number of rotatable bonds is 8. The van der Waals surface area contributed by atoms with Gasteiger partial charge in [-0.25, -0.2) is 0 Å². The molecular formula is C22H21BrN4O5. The van der Waals surface area contributed by atoms with Crippen molar-refractivity contribution in [3.05, 3.63) is 56.5 Å². The van der Waals surface area contributed by atoms with E-state index < -0.39 is 4.92 Å². The van der Waals surface area contributed by atoms with Crippen LogP contribution in [-0.4, -0.2) is 33.7 Å². The fourth-order valence-electron chi connectivity index (χ4n) is 3.51. The topological polar surface area (TPSA) is 105 Å². The number of hydrogen-bond acceptors (Lipinski definition) is 7. The summed E-state index contributed by atoms with van der Waals surface area (Å²) in [5.41, 5.74) is 2.33. The highest BCUT2D eigenvalue weighted by Crippen LogP contribution is 2.38. The average Bonchev–Trinajstić information content (AvgIpc) is 3.35. The Bertz CT molecular complexity index is 1280. The third-order valence-corrected chi connectivity index (χ3v) is 5.63. The van der Waals surface area contributed by atoms with E-state index in [0.717, 1.165) is 33.8 Å². The highest BCUT2D eigenvalue weighted by molar-refractivity contribution is 9.10. The maximum absolute atomic E-state index is 11.9. The van der Waals surface area contributed by atoms with Crippen LogP contribution >= 0.6 is 15.9 Å². The minimum atomic E-state index is -0.512. The number of nitro groups is 1. The molecule has 0 aliphatic heterocycles. The molecule has 0 saturated heterocycles. The molecule has 0 N–H and O–H groups in total. The van der Waals surface area contributed by atoms with Gasteiger partial charge in [-0.1, -0.05) is 41.4 Å². The molecule has 2 aromatic heterocycles. The van der Waals surface area contributed by atoms with Crippen molar-refractivity contribution in [1.29, 1.82) is 0 Å². The van der Waals surface area contributed by atoms with Crippen LogP contribution < -0.4 is 9.47 Å². The Hall–Kier alpha value is -3.40. The summed E-state index contributed by atoms with van der Waals surface area (Å²) in [4.78, 5) is 15.7. The van der Waals surface area contributed by atoms with E-state index >= 15 is 0 Å². The number of methoxy groups -OCH3 is 2. The largest absolute Gasteiger partial charge is 0.496 e. The zero-order chi connectivity index (χ0) is 22.8. The first-order valence-corrected chi connectivity index (χ1v) is 10.8. The van der Waals surface area contributed by atoms with Crippen molar-refractivity contribution in [3.63, 3.8) is 0 Å². The molecule has 0 bridgehead atoms. The number of hydrogen-bond donors (Lipinski definition) is 0. The molecule has 9 nitrogen and oxygen atoms in total. The summed E-state index contributed by atoms with van der Waals surface area (Å²) in [6, 6.07) is 10.7. The lowest BCUT2D eigenvalue weighted by atomic mass is 10.0. The third kappa shape index (κ3) is 3.93. The molecule has 0 spiro atoms. The molecule has 0 amide bonds. The van der Waals surface area contributed by atoms with Crippen LogP contribution in [0, 0.1) is 10.1 Å². The van der Waals surface area contributed by atoms with Crippen molar-refractivity contribution in [3.8, 4) is 34.2 Å². The normalized spacial score (nSPS) is 11.1. The van der Waals surface area contributed by atoms with Crippen molar-refractivity contribution >= 4 is 27.6 Å². The van der Waals surface area contributed by atoms with E-state index in [9.17, 15) is 10.1 Å². The van der Waals surface area contributed by atoms with E-state index in [-0.39, 0.29) is 23.2 Å². The van der Waals surface area contributed by atoms with Crippen molar-refractivity contribution in [2.75, 3.05) is 14.2 Å². The first-order chi connectivity index (χ1) is 15.5. The third-order valence-electron chi connectivity index (χ3n) is 5.10. The van der Waals surface area contributed by atoms with Crippen LogP contribution in [-0.2, 0) is 6.42 Å².